The Morgan fingerprint density at radius 3 is 2.64 bits per heavy atom. The van der Waals surface area contributed by atoms with Crippen LogP contribution in [0.3, 0.4) is 0 Å². The van der Waals surface area contributed by atoms with Gasteiger partial charge in [0, 0.05) is 4.75 Å². The van der Waals surface area contributed by atoms with Crippen LogP contribution < -0.4 is 5.32 Å². The Kier molecular flexibility index (Phi) is 4.66. The van der Waals surface area contributed by atoms with Gasteiger partial charge in [0.25, 0.3) is 0 Å². The second kappa shape index (κ2) is 6.17. The summed E-state index contributed by atoms with van der Waals surface area (Å²) in [5, 5.41) is 11.9. The Morgan fingerprint density at radius 1 is 1.45 bits per heavy atom. The van der Waals surface area contributed by atoms with Gasteiger partial charge in [-0.05, 0) is 31.9 Å². The molecule has 4 nitrogen and oxygen atoms in total. The van der Waals surface area contributed by atoms with Crippen LogP contribution in [0.5, 0.6) is 0 Å². The largest absolute Gasteiger partial charge is 0.323 e. The maximum absolute atomic E-state index is 13.7. The molecule has 1 aliphatic rings. The Labute approximate surface area is 134 Å². The molecule has 1 aliphatic heterocycles. The number of rotatable bonds is 2. The minimum Gasteiger partial charge on any atom is -0.305 e. The molecule has 2 atom stereocenters. The number of hydrogen-bond donors (Lipinski definition) is 1. The second-order valence-electron chi connectivity index (χ2n) is 6.20. The van der Waals surface area contributed by atoms with Crippen molar-refractivity contribution in [2.75, 3.05) is 5.32 Å². The monoisotopic (exact) mass is 321 g/mol. The first-order chi connectivity index (χ1) is 10.3. The minimum atomic E-state index is -0.559. The molecule has 2 unspecified atom stereocenters. The lowest BCUT2D eigenvalue weighted by Crippen LogP contribution is -2.48. The third-order valence-corrected chi connectivity index (χ3v) is 5.52. The van der Waals surface area contributed by atoms with E-state index < -0.39 is 17.9 Å². The van der Waals surface area contributed by atoms with Gasteiger partial charge in [0.2, 0.25) is 0 Å². The maximum atomic E-state index is 13.7. The zero-order valence-electron chi connectivity index (χ0n) is 13.1. The summed E-state index contributed by atoms with van der Waals surface area (Å²) in [6.45, 7) is 7.93. The van der Waals surface area contributed by atoms with Gasteiger partial charge in [-0.2, -0.15) is 5.26 Å². The number of urea groups is 1. The molecule has 1 aromatic rings. The molecule has 0 aliphatic carbocycles. The van der Waals surface area contributed by atoms with Crippen molar-refractivity contribution in [3.05, 3.63) is 30.1 Å². The van der Waals surface area contributed by atoms with Crippen molar-refractivity contribution >= 4 is 23.5 Å². The van der Waals surface area contributed by atoms with E-state index in [0.717, 1.165) is 0 Å². The molecule has 0 aromatic heterocycles. The third kappa shape index (κ3) is 3.05. The number of benzene rings is 1. The average Bonchev–Trinajstić information content (AvgIpc) is 2.72. The summed E-state index contributed by atoms with van der Waals surface area (Å²) >= 11 is 1.61. The SMILES string of the molecule is CC(C)C1SC(C)(C)C(C#N)N1C(=O)Nc1ccccc1F. The topological polar surface area (TPSA) is 56.1 Å². The molecule has 2 amide bonds. The quantitative estimate of drug-likeness (QED) is 0.893. The van der Waals surface area contributed by atoms with Gasteiger partial charge >= 0.3 is 6.03 Å². The van der Waals surface area contributed by atoms with E-state index in [4.69, 9.17) is 0 Å². The van der Waals surface area contributed by atoms with Gasteiger partial charge in [0.05, 0.1) is 17.1 Å². The molecular weight excluding hydrogens is 301 g/mol. The lowest BCUT2D eigenvalue weighted by Gasteiger charge is -2.29. The van der Waals surface area contributed by atoms with Gasteiger partial charge in [0.1, 0.15) is 11.9 Å². The van der Waals surface area contributed by atoms with Crippen molar-refractivity contribution in [1.82, 2.24) is 4.90 Å². The fourth-order valence-electron chi connectivity index (χ4n) is 2.56. The maximum Gasteiger partial charge on any atom is 0.323 e. The molecule has 118 valence electrons. The number of hydrogen-bond acceptors (Lipinski definition) is 3. The zero-order valence-corrected chi connectivity index (χ0v) is 13.9. The molecule has 0 radical (unpaired) electrons. The standard InChI is InChI=1S/C16H20FN3OS/c1-10(2)14-20(13(9-18)16(3,4)22-14)15(21)19-12-8-6-5-7-11(12)17/h5-8,10,13-14H,1-4H3,(H,19,21). The summed E-state index contributed by atoms with van der Waals surface area (Å²) < 4.78 is 13.4. The summed E-state index contributed by atoms with van der Waals surface area (Å²) in [5.41, 5.74) is 0.126. The van der Waals surface area contributed by atoms with Crippen molar-refractivity contribution in [2.24, 2.45) is 5.92 Å². The normalized spacial score (nSPS) is 23.4. The van der Waals surface area contributed by atoms with Crippen LogP contribution in [0.2, 0.25) is 0 Å². The van der Waals surface area contributed by atoms with Gasteiger partial charge in [-0.3, -0.25) is 4.90 Å². The van der Waals surface area contributed by atoms with E-state index in [1.165, 1.54) is 12.1 Å². The lowest BCUT2D eigenvalue weighted by atomic mass is 10.0. The van der Waals surface area contributed by atoms with Crippen molar-refractivity contribution in [3.8, 4) is 6.07 Å². The number of thioether (sulfide) groups is 1. The Bertz CT molecular complexity index is 612. The van der Waals surface area contributed by atoms with Crippen LogP contribution in [0.4, 0.5) is 14.9 Å². The fraction of sp³-hybridized carbons (Fsp3) is 0.500. The number of halogens is 1. The molecular formula is C16H20FN3OS. The Hall–Kier alpha value is -1.74. The highest BCUT2D eigenvalue weighted by atomic mass is 32.2. The van der Waals surface area contributed by atoms with E-state index in [0.29, 0.717) is 0 Å². The summed E-state index contributed by atoms with van der Waals surface area (Å²) in [5.74, 6) is -0.300. The van der Waals surface area contributed by atoms with Gasteiger partial charge < -0.3 is 5.32 Å². The number of carbonyl (C=O) groups excluding carboxylic acids is 1. The molecule has 1 saturated heterocycles. The third-order valence-electron chi connectivity index (χ3n) is 3.68. The number of amides is 2. The molecule has 22 heavy (non-hydrogen) atoms. The van der Waals surface area contributed by atoms with E-state index >= 15 is 0 Å². The van der Waals surface area contributed by atoms with Crippen molar-refractivity contribution < 1.29 is 9.18 Å². The van der Waals surface area contributed by atoms with Crippen molar-refractivity contribution in [3.63, 3.8) is 0 Å². The number of carbonyl (C=O) groups is 1. The molecule has 0 bridgehead atoms. The molecule has 0 spiro atoms. The first-order valence-electron chi connectivity index (χ1n) is 7.19. The van der Waals surface area contributed by atoms with Gasteiger partial charge in [-0.15, -0.1) is 11.8 Å². The molecule has 1 aromatic carbocycles. The summed E-state index contributed by atoms with van der Waals surface area (Å²) in [6.07, 6.45) is 0. The Morgan fingerprint density at radius 2 is 2.09 bits per heavy atom. The van der Waals surface area contributed by atoms with E-state index in [1.807, 2.05) is 27.7 Å². The molecule has 0 saturated carbocycles. The average molecular weight is 321 g/mol. The predicted molar refractivity (Wildman–Crippen MR) is 87.0 cm³/mol. The highest BCUT2D eigenvalue weighted by molar-refractivity contribution is 8.01. The van der Waals surface area contributed by atoms with Crippen molar-refractivity contribution in [2.45, 2.75) is 43.9 Å². The molecule has 1 N–H and O–H groups in total. The summed E-state index contributed by atoms with van der Waals surface area (Å²) in [6, 6.07) is 7.24. The number of para-hydroxylation sites is 1. The summed E-state index contributed by atoms with van der Waals surface area (Å²) in [7, 11) is 0. The van der Waals surface area contributed by atoms with E-state index in [1.54, 1.807) is 28.8 Å². The van der Waals surface area contributed by atoms with E-state index in [-0.39, 0.29) is 21.7 Å². The van der Waals surface area contributed by atoms with Crippen LogP contribution in [-0.4, -0.2) is 27.1 Å². The highest BCUT2D eigenvalue weighted by Gasteiger charge is 2.50. The molecule has 6 heteroatoms. The summed E-state index contributed by atoms with van der Waals surface area (Å²) in [4.78, 5) is 14.2. The highest BCUT2D eigenvalue weighted by Crippen LogP contribution is 2.46. The van der Waals surface area contributed by atoms with Crippen LogP contribution in [0.15, 0.2) is 24.3 Å². The van der Waals surface area contributed by atoms with Crippen LogP contribution in [0, 0.1) is 23.1 Å². The van der Waals surface area contributed by atoms with Crippen LogP contribution in [-0.2, 0) is 0 Å². The molecule has 2 rings (SSSR count). The first-order valence-corrected chi connectivity index (χ1v) is 8.07. The fourth-order valence-corrected chi connectivity index (χ4v) is 4.09. The first kappa shape index (κ1) is 16.6. The number of nitriles is 1. The van der Waals surface area contributed by atoms with Crippen LogP contribution in [0.1, 0.15) is 27.7 Å². The predicted octanol–water partition coefficient (Wildman–Crippen LogP) is 4.06. The number of nitrogens with zero attached hydrogens (tertiary/aromatic N) is 2. The van der Waals surface area contributed by atoms with Crippen LogP contribution in [0.25, 0.3) is 0 Å². The zero-order chi connectivity index (χ0) is 16.5. The van der Waals surface area contributed by atoms with E-state index in [9.17, 15) is 14.4 Å². The van der Waals surface area contributed by atoms with E-state index in [2.05, 4.69) is 11.4 Å². The number of anilines is 1. The molecule has 1 fully saturated rings. The second-order valence-corrected chi connectivity index (χ2v) is 7.98. The van der Waals surface area contributed by atoms with Crippen LogP contribution >= 0.6 is 11.8 Å². The van der Waals surface area contributed by atoms with Gasteiger partial charge in [0.15, 0.2) is 0 Å². The Balaban J connectivity index is 2.29. The molecule has 1 heterocycles. The smallest absolute Gasteiger partial charge is 0.305 e. The van der Waals surface area contributed by atoms with Crippen molar-refractivity contribution in [1.29, 1.82) is 5.26 Å². The van der Waals surface area contributed by atoms with Gasteiger partial charge in [-0.1, -0.05) is 26.0 Å². The lowest BCUT2D eigenvalue weighted by molar-refractivity contribution is 0.184. The minimum absolute atomic E-state index is 0.119. The van der Waals surface area contributed by atoms with Gasteiger partial charge in [-0.25, -0.2) is 9.18 Å². The number of nitrogens with one attached hydrogen (secondary N) is 1.